The van der Waals surface area contributed by atoms with E-state index in [1.807, 2.05) is 12.1 Å². The molecule has 64 valence electrons. The lowest BCUT2D eigenvalue weighted by Crippen LogP contribution is -1.99. The smallest absolute Gasteiger partial charge is 0.176 e. The molecule has 0 aliphatic carbocycles. The molecular weight excluding hydrogens is 232 g/mol. The van der Waals surface area contributed by atoms with E-state index in [9.17, 15) is 0 Å². The lowest BCUT2D eigenvalue weighted by atomic mass is 10.3. The molecule has 1 heterocycles. The highest BCUT2D eigenvalue weighted by Gasteiger charge is 2.09. The summed E-state index contributed by atoms with van der Waals surface area (Å²) in [5.74, 6) is 0. The second-order valence-corrected chi connectivity index (χ2v) is 3.43. The number of aromatic nitrogens is 2. The maximum absolute atomic E-state index is 8.73. The molecule has 1 aromatic rings. The van der Waals surface area contributed by atoms with Gasteiger partial charge in [-0.15, -0.1) is 0 Å². The molecule has 0 saturated carbocycles. The summed E-state index contributed by atoms with van der Waals surface area (Å²) >= 11 is 3.17. The molecule has 1 aromatic heterocycles. The number of halogens is 1. The summed E-state index contributed by atoms with van der Waals surface area (Å²) in [5, 5.41) is 17.3. The van der Waals surface area contributed by atoms with Gasteiger partial charge in [-0.3, -0.25) is 0 Å². The van der Waals surface area contributed by atoms with Gasteiger partial charge in [0.15, 0.2) is 11.4 Å². The molecule has 5 heteroatoms. The summed E-state index contributed by atoms with van der Waals surface area (Å²) in [6, 6.07) is 3.76. The quantitative estimate of drug-likeness (QED) is 0.783. The van der Waals surface area contributed by atoms with Crippen LogP contribution in [0.25, 0.3) is 0 Å². The highest BCUT2D eigenvalue weighted by atomic mass is 79.9. The van der Waals surface area contributed by atoms with E-state index in [4.69, 9.17) is 10.5 Å². The van der Waals surface area contributed by atoms with Gasteiger partial charge in [-0.2, -0.15) is 10.5 Å². The summed E-state index contributed by atoms with van der Waals surface area (Å²) in [6.45, 7) is 4.08. The Bertz CT molecular complexity index is 418. The number of hydrogen-bond acceptors (Lipinski definition) is 3. The molecular formula is C8H5BrN4. The number of allylic oxidation sites excluding steroid dienone is 1. The minimum Gasteiger partial charge on any atom is -0.316 e. The second kappa shape index (κ2) is 3.88. The third kappa shape index (κ3) is 1.95. The minimum atomic E-state index is 0.149. The molecule has 0 saturated heterocycles. The van der Waals surface area contributed by atoms with E-state index in [1.54, 1.807) is 4.57 Å². The van der Waals surface area contributed by atoms with E-state index >= 15 is 0 Å². The Labute approximate surface area is 83.9 Å². The van der Waals surface area contributed by atoms with E-state index in [2.05, 4.69) is 27.5 Å². The highest BCUT2D eigenvalue weighted by molar-refractivity contribution is 9.11. The molecule has 0 aliphatic rings. The molecule has 0 aliphatic heterocycles. The predicted molar refractivity (Wildman–Crippen MR) is 49.7 cm³/mol. The summed E-state index contributed by atoms with van der Waals surface area (Å²) < 4.78 is 2.29. The van der Waals surface area contributed by atoms with Gasteiger partial charge in [0.1, 0.15) is 12.1 Å². The van der Waals surface area contributed by atoms with Gasteiger partial charge in [0.2, 0.25) is 0 Å². The van der Waals surface area contributed by atoms with Crippen molar-refractivity contribution in [2.75, 3.05) is 0 Å². The number of nitrogens with zero attached hydrogens (tertiary/aromatic N) is 4. The second-order valence-electron chi connectivity index (χ2n) is 2.31. The number of rotatable bonds is 2. The van der Waals surface area contributed by atoms with Crippen molar-refractivity contribution < 1.29 is 0 Å². The normalized spacial score (nSPS) is 8.85. The monoisotopic (exact) mass is 236 g/mol. The molecule has 0 bridgehead atoms. The van der Waals surface area contributed by atoms with E-state index in [1.165, 1.54) is 6.33 Å². The van der Waals surface area contributed by atoms with Crippen LogP contribution in [0, 0.1) is 22.7 Å². The molecule has 0 amide bonds. The zero-order valence-corrected chi connectivity index (χ0v) is 8.24. The van der Waals surface area contributed by atoms with Gasteiger partial charge in [-0.25, -0.2) is 4.98 Å². The maximum atomic E-state index is 8.73. The molecule has 0 atom stereocenters. The van der Waals surface area contributed by atoms with E-state index in [-0.39, 0.29) is 11.4 Å². The van der Waals surface area contributed by atoms with Crippen molar-refractivity contribution in [1.82, 2.24) is 9.55 Å². The fraction of sp³-hybridized carbons (Fsp3) is 0.125. The van der Waals surface area contributed by atoms with Crippen LogP contribution in [0.2, 0.25) is 0 Å². The molecule has 4 nitrogen and oxygen atoms in total. The largest absolute Gasteiger partial charge is 0.316 e. The topological polar surface area (TPSA) is 65.4 Å². The van der Waals surface area contributed by atoms with Crippen molar-refractivity contribution in [2.24, 2.45) is 0 Å². The molecule has 13 heavy (non-hydrogen) atoms. The van der Waals surface area contributed by atoms with Gasteiger partial charge in [-0.1, -0.05) is 22.5 Å². The lowest BCUT2D eigenvalue weighted by Gasteiger charge is -1.99. The maximum Gasteiger partial charge on any atom is 0.176 e. The fourth-order valence-electron chi connectivity index (χ4n) is 0.886. The van der Waals surface area contributed by atoms with Gasteiger partial charge in [0.25, 0.3) is 0 Å². The highest BCUT2D eigenvalue weighted by Crippen LogP contribution is 2.10. The molecule has 0 unspecified atom stereocenters. The van der Waals surface area contributed by atoms with Gasteiger partial charge < -0.3 is 4.57 Å². The SMILES string of the molecule is C=C(Br)Cn1cnc(C#N)c1C#N. The molecule has 1 rings (SSSR count). The van der Waals surface area contributed by atoms with Crippen LogP contribution in [0.3, 0.4) is 0 Å². The summed E-state index contributed by atoms with van der Waals surface area (Å²) in [5.41, 5.74) is 0.416. The van der Waals surface area contributed by atoms with Crippen LogP contribution in [0.15, 0.2) is 17.4 Å². The summed E-state index contributed by atoms with van der Waals surface area (Å²) in [7, 11) is 0. The van der Waals surface area contributed by atoms with E-state index < -0.39 is 0 Å². The Morgan fingerprint density at radius 3 is 2.77 bits per heavy atom. The van der Waals surface area contributed by atoms with Crippen LogP contribution < -0.4 is 0 Å². The zero-order chi connectivity index (χ0) is 9.84. The number of hydrogen-bond donors (Lipinski definition) is 0. The summed E-state index contributed by atoms with van der Waals surface area (Å²) in [4.78, 5) is 3.78. The first-order valence-electron chi connectivity index (χ1n) is 3.37. The van der Waals surface area contributed by atoms with Crippen LogP contribution in [-0.4, -0.2) is 9.55 Å². The number of imidazole rings is 1. The van der Waals surface area contributed by atoms with Crippen LogP contribution in [0.5, 0.6) is 0 Å². The third-order valence-corrected chi connectivity index (χ3v) is 1.64. The first-order chi connectivity index (χ1) is 6.19. The van der Waals surface area contributed by atoms with Crippen molar-refractivity contribution in [1.29, 1.82) is 10.5 Å². The van der Waals surface area contributed by atoms with Crippen molar-refractivity contribution in [2.45, 2.75) is 6.54 Å². The van der Waals surface area contributed by atoms with Gasteiger partial charge in [0.05, 0.1) is 12.9 Å². The van der Waals surface area contributed by atoms with Crippen LogP contribution >= 0.6 is 15.9 Å². The fourth-order valence-corrected chi connectivity index (χ4v) is 1.16. The van der Waals surface area contributed by atoms with Gasteiger partial charge in [-0.05, 0) is 0 Å². The average molecular weight is 237 g/mol. The zero-order valence-electron chi connectivity index (χ0n) is 6.66. The molecule has 0 aromatic carbocycles. The van der Waals surface area contributed by atoms with Gasteiger partial charge >= 0.3 is 0 Å². The molecule has 0 radical (unpaired) electrons. The third-order valence-electron chi connectivity index (χ3n) is 1.39. The van der Waals surface area contributed by atoms with E-state index in [0.29, 0.717) is 6.54 Å². The first kappa shape index (κ1) is 9.50. The Morgan fingerprint density at radius 1 is 1.62 bits per heavy atom. The van der Waals surface area contributed by atoms with Gasteiger partial charge in [0, 0.05) is 4.48 Å². The van der Waals surface area contributed by atoms with Crippen molar-refractivity contribution in [3.05, 3.63) is 28.8 Å². The molecule has 0 N–H and O–H groups in total. The predicted octanol–water partition coefficient (Wildman–Crippen LogP) is 1.54. The van der Waals surface area contributed by atoms with Crippen LogP contribution in [0.1, 0.15) is 11.4 Å². The minimum absolute atomic E-state index is 0.149. The van der Waals surface area contributed by atoms with Crippen LogP contribution in [0.4, 0.5) is 0 Å². The summed E-state index contributed by atoms with van der Waals surface area (Å²) in [6.07, 6.45) is 1.45. The first-order valence-corrected chi connectivity index (χ1v) is 4.17. The van der Waals surface area contributed by atoms with Crippen molar-refractivity contribution in [3.63, 3.8) is 0 Å². The van der Waals surface area contributed by atoms with Crippen molar-refractivity contribution in [3.8, 4) is 12.1 Å². The Balaban J connectivity index is 3.12. The van der Waals surface area contributed by atoms with E-state index in [0.717, 1.165) is 4.48 Å². The standard InChI is InChI=1S/C8H5BrN4/c1-6(9)4-13-5-12-7(2-10)8(13)3-11/h5H,1,4H2. The van der Waals surface area contributed by atoms with Crippen molar-refractivity contribution >= 4 is 15.9 Å². The average Bonchev–Trinajstić information content (AvgIpc) is 2.45. The molecule has 0 spiro atoms. The Kier molecular flexibility index (Phi) is 2.84. The molecule has 0 fully saturated rings. The Hall–Kier alpha value is -1.59. The van der Waals surface area contributed by atoms with Crippen LogP contribution in [-0.2, 0) is 6.54 Å². The lowest BCUT2D eigenvalue weighted by molar-refractivity contribution is 0.803. The Morgan fingerprint density at radius 2 is 2.31 bits per heavy atom. The number of nitriles is 2.